The highest BCUT2D eigenvalue weighted by Crippen LogP contribution is 2.38. The Labute approximate surface area is 149 Å². The monoisotopic (exact) mass is 349 g/mol. The molecule has 6 heteroatoms. The molecular weight excluding hydrogens is 324 g/mol. The van der Waals surface area contributed by atoms with Crippen LogP contribution in [0.15, 0.2) is 29.7 Å². The number of rotatable bonds is 5. The van der Waals surface area contributed by atoms with Gasteiger partial charge in [-0.3, -0.25) is 4.79 Å². The molecule has 1 fully saturated rings. The molecule has 4 nitrogen and oxygen atoms in total. The summed E-state index contributed by atoms with van der Waals surface area (Å²) in [5.41, 5.74) is 2.06. The first kappa shape index (κ1) is 19.0. The van der Waals surface area contributed by atoms with Gasteiger partial charge in [-0.25, -0.2) is 0 Å². The first-order valence-corrected chi connectivity index (χ1v) is 8.63. The largest absolute Gasteiger partial charge is 0.492 e. The predicted molar refractivity (Wildman–Crippen MR) is 98.7 cm³/mol. The summed E-state index contributed by atoms with van der Waals surface area (Å²) in [4.78, 5) is 11.3. The summed E-state index contributed by atoms with van der Waals surface area (Å²) in [6, 6.07) is 7.96. The molecule has 0 atom stereocenters. The lowest BCUT2D eigenvalue weighted by atomic mass is 9.77. The van der Waals surface area contributed by atoms with E-state index in [2.05, 4.69) is 5.32 Å². The molecule has 1 amide bonds. The van der Waals surface area contributed by atoms with E-state index in [4.69, 9.17) is 20.9 Å². The first-order valence-electron chi connectivity index (χ1n) is 8.10. The molecule has 0 unspecified atom stereocenters. The molecule has 1 aromatic rings. The maximum Gasteiger partial charge on any atom is 0.492 e. The van der Waals surface area contributed by atoms with Crippen molar-refractivity contribution in [1.82, 2.24) is 5.32 Å². The third-order valence-corrected chi connectivity index (χ3v) is 4.86. The summed E-state index contributed by atoms with van der Waals surface area (Å²) in [5.74, 6) is 0.367. The predicted octanol–water partition coefficient (Wildman–Crippen LogP) is 3.58. The van der Waals surface area contributed by atoms with Gasteiger partial charge in [-0.2, -0.15) is 0 Å². The minimum atomic E-state index is -0.499. The zero-order valence-electron chi connectivity index (χ0n) is 15.0. The second-order valence-corrected chi connectivity index (χ2v) is 7.36. The number of hydrogen-bond acceptors (Lipinski definition) is 3. The van der Waals surface area contributed by atoms with E-state index >= 15 is 0 Å². The Morgan fingerprint density at radius 1 is 1.25 bits per heavy atom. The Morgan fingerprint density at radius 2 is 1.88 bits per heavy atom. The summed E-state index contributed by atoms with van der Waals surface area (Å²) in [5, 5.41) is 2.83. The van der Waals surface area contributed by atoms with Crippen molar-refractivity contribution in [2.75, 3.05) is 6.54 Å². The van der Waals surface area contributed by atoms with Gasteiger partial charge in [0.05, 0.1) is 11.2 Å². The van der Waals surface area contributed by atoms with Gasteiger partial charge in [-0.1, -0.05) is 30.3 Å². The van der Waals surface area contributed by atoms with Crippen LogP contribution in [0.1, 0.15) is 45.7 Å². The highest BCUT2D eigenvalue weighted by molar-refractivity contribution is 6.56. The maximum absolute atomic E-state index is 11.3. The number of carbonyl (C=O) groups excluding carboxylic acids is 1. The van der Waals surface area contributed by atoms with E-state index in [9.17, 15) is 4.79 Å². The number of alkyl halides is 1. The van der Waals surface area contributed by atoms with Gasteiger partial charge in [0, 0.05) is 19.3 Å². The number of carbonyl (C=O) groups is 1. The van der Waals surface area contributed by atoms with Crippen LogP contribution in [0.3, 0.4) is 0 Å². The van der Waals surface area contributed by atoms with Gasteiger partial charge in [0.25, 0.3) is 0 Å². The molecule has 0 spiro atoms. The van der Waals surface area contributed by atoms with E-state index < -0.39 is 18.3 Å². The van der Waals surface area contributed by atoms with Crippen molar-refractivity contribution in [2.24, 2.45) is 0 Å². The third-order valence-electron chi connectivity index (χ3n) is 4.55. The summed E-state index contributed by atoms with van der Waals surface area (Å²) in [6.45, 7) is 9.91. The van der Waals surface area contributed by atoms with Crippen molar-refractivity contribution in [3.8, 4) is 0 Å². The van der Waals surface area contributed by atoms with Gasteiger partial charge in [0.15, 0.2) is 0 Å². The third kappa shape index (κ3) is 4.41. The summed E-state index contributed by atoms with van der Waals surface area (Å²) in [6.07, 6.45) is 1.99. The van der Waals surface area contributed by atoms with Crippen LogP contribution >= 0.6 is 11.6 Å². The van der Waals surface area contributed by atoms with Crippen molar-refractivity contribution in [3.05, 3.63) is 40.9 Å². The van der Waals surface area contributed by atoms with Crippen LogP contribution in [-0.4, -0.2) is 30.8 Å². The van der Waals surface area contributed by atoms with Crippen LogP contribution in [0.5, 0.6) is 0 Å². The molecule has 1 N–H and O–H groups in total. The molecule has 1 aromatic carbocycles. The molecule has 1 saturated heterocycles. The molecule has 24 heavy (non-hydrogen) atoms. The Morgan fingerprint density at radius 3 is 2.42 bits per heavy atom. The van der Waals surface area contributed by atoms with Crippen LogP contribution in [0.25, 0.3) is 6.08 Å². The van der Waals surface area contributed by atoms with E-state index in [1.54, 1.807) is 0 Å². The molecule has 1 heterocycles. The number of amides is 1. The standard InChI is InChI=1S/C18H25BClNO3/c1-13(22)21-12-16(10-14-7-6-8-15(9-14)11-20)19-23-17(2,3)18(4,5)24-19/h6-10H,11-12H2,1-5H3,(H,21,22). The van der Waals surface area contributed by atoms with Crippen molar-refractivity contribution in [1.29, 1.82) is 0 Å². The fourth-order valence-corrected chi connectivity index (χ4v) is 2.57. The molecule has 0 bridgehead atoms. The maximum atomic E-state index is 11.3. The van der Waals surface area contributed by atoms with Crippen LogP contribution in [0.4, 0.5) is 0 Å². The van der Waals surface area contributed by atoms with Crippen molar-refractivity contribution in [3.63, 3.8) is 0 Å². The number of nitrogens with one attached hydrogen (secondary N) is 1. The van der Waals surface area contributed by atoms with Gasteiger partial charge in [0.1, 0.15) is 0 Å². The van der Waals surface area contributed by atoms with Crippen molar-refractivity contribution in [2.45, 2.75) is 51.7 Å². The van der Waals surface area contributed by atoms with Gasteiger partial charge in [-0.05, 0) is 44.3 Å². The lowest BCUT2D eigenvalue weighted by Crippen LogP contribution is -2.41. The minimum absolute atomic E-state index is 0.0908. The highest BCUT2D eigenvalue weighted by atomic mass is 35.5. The molecule has 0 radical (unpaired) electrons. The molecule has 0 saturated carbocycles. The Hall–Kier alpha value is -1.30. The Bertz CT molecular complexity index is 627. The van der Waals surface area contributed by atoms with E-state index in [-0.39, 0.29) is 5.91 Å². The summed E-state index contributed by atoms with van der Waals surface area (Å²) >= 11 is 5.91. The summed E-state index contributed by atoms with van der Waals surface area (Å²) < 4.78 is 12.2. The molecule has 2 rings (SSSR count). The number of halogens is 1. The average molecular weight is 350 g/mol. The van der Waals surface area contributed by atoms with E-state index in [1.165, 1.54) is 6.92 Å². The van der Waals surface area contributed by atoms with Crippen molar-refractivity contribution >= 4 is 30.7 Å². The quantitative estimate of drug-likeness (QED) is 0.653. The molecule has 0 aromatic heterocycles. The molecule has 130 valence electrons. The lowest BCUT2D eigenvalue weighted by molar-refractivity contribution is -0.118. The Balaban J connectivity index is 2.31. The van der Waals surface area contributed by atoms with E-state index in [1.807, 2.05) is 58.0 Å². The second-order valence-electron chi connectivity index (χ2n) is 7.10. The minimum Gasteiger partial charge on any atom is -0.400 e. The van der Waals surface area contributed by atoms with E-state index in [0.29, 0.717) is 12.4 Å². The topological polar surface area (TPSA) is 47.6 Å². The fourth-order valence-electron chi connectivity index (χ4n) is 2.40. The van der Waals surface area contributed by atoms with Gasteiger partial charge < -0.3 is 14.6 Å². The van der Waals surface area contributed by atoms with Gasteiger partial charge in [0.2, 0.25) is 5.91 Å². The average Bonchev–Trinajstić information content (AvgIpc) is 2.71. The number of benzene rings is 1. The second kappa shape index (κ2) is 7.30. The van der Waals surface area contributed by atoms with Crippen LogP contribution in [-0.2, 0) is 20.0 Å². The van der Waals surface area contributed by atoms with Crippen LogP contribution in [0, 0.1) is 0 Å². The fraction of sp³-hybridized carbons (Fsp3) is 0.500. The van der Waals surface area contributed by atoms with Crippen LogP contribution in [0.2, 0.25) is 0 Å². The zero-order valence-corrected chi connectivity index (χ0v) is 15.7. The van der Waals surface area contributed by atoms with Crippen molar-refractivity contribution < 1.29 is 14.1 Å². The van der Waals surface area contributed by atoms with Gasteiger partial charge >= 0.3 is 7.12 Å². The smallest absolute Gasteiger partial charge is 0.400 e. The summed E-state index contributed by atoms with van der Waals surface area (Å²) in [7, 11) is -0.499. The normalized spacial score (nSPS) is 19.4. The van der Waals surface area contributed by atoms with Crippen LogP contribution < -0.4 is 5.32 Å². The number of hydrogen-bond donors (Lipinski definition) is 1. The first-order chi connectivity index (χ1) is 11.1. The molecular formula is C18H25BClNO3. The molecule has 1 aliphatic rings. The lowest BCUT2D eigenvalue weighted by Gasteiger charge is -2.32. The molecule has 1 aliphatic heterocycles. The molecule has 0 aliphatic carbocycles. The Kier molecular flexibility index (Phi) is 5.79. The zero-order chi connectivity index (χ0) is 18.0. The highest BCUT2D eigenvalue weighted by Gasteiger charge is 2.52. The SMILES string of the molecule is CC(=O)NCC(=Cc1cccc(CCl)c1)B1OC(C)(C)C(C)(C)O1. The van der Waals surface area contributed by atoms with E-state index in [0.717, 1.165) is 16.6 Å². The van der Waals surface area contributed by atoms with Gasteiger partial charge in [-0.15, -0.1) is 11.6 Å².